The van der Waals surface area contributed by atoms with Crippen LogP contribution in [-0.2, 0) is 4.79 Å². The van der Waals surface area contributed by atoms with E-state index in [1.165, 1.54) is 0 Å². The molecule has 1 saturated heterocycles. The van der Waals surface area contributed by atoms with Gasteiger partial charge in [0.15, 0.2) is 5.78 Å². The molecule has 0 bridgehead atoms. The second kappa shape index (κ2) is 2.59. The minimum atomic E-state index is -0.116. The van der Waals surface area contributed by atoms with Crippen LogP contribution in [0.5, 0.6) is 0 Å². The van der Waals surface area contributed by atoms with E-state index in [9.17, 15) is 4.79 Å². The van der Waals surface area contributed by atoms with E-state index in [2.05, 4.69) is 11.8 Å². The number of hydrogen-bond donors (Lipinski definition) is 0. The molecule has 1 fully saturated rings. The third-order valence-electron chi connectivity index (χ3n) is 2.60. The van der Waals surface area contributed by atoms with Crippen molar-refractivity contribution in [3.63, 3.8) is 0 Å². The van der Waals surface area contributed by atoms with Crippen molar-refractivity contribution in [1.29, 1.82) is 0 Å². The SMILES string of the molecule is CCN1CC(C)(C)C(=O)C1C. The van der Waals surface area contributed by atoms with Crippen LogP contribution in [0.25, 0.3) is 0 Å². The summed E-state index contributed by atoms with van der Waals surface area (Å²) in [6.45, 7) is 10.1. The third kappa shape index (κ3) is 1.32. The molecule has 1 rings (SSSR count). The Kier molecular flexibility index (Phi) is 2.06. The third-order valence-corrected chi connectivity index (χ3v) is 2.60. The van der Waals surface area contributed by atoms with Gasteiger partial charge in [-0.3, -0.25) is 9.69 Å². The number of likely N-dealkylation sites (tertiary alicyclic amines) is 1. The van der Waals surface area contributed by atoms with Crippen LogP contribution in [0, 0.1) is 5.41 Å². The number of Topliss-reactive ketones (excluding diaryl/α,β-unsaturated/α-hetero) is 1. The average molecular weight is 155 g/mol. The molecular formula is C9H17NO. The van der Waals surface area contributed by atoms with Gasteiger partial charge in [-0.1, -0.05) is 20.8 Å². The molecule has 0 amide bonds. The van der Waals surface area contributed by atoms with Crippen LogP contribution in [0.2, 0.25) is 0 Å². The van der Waals surface area contributed by atoms with Crippen molar-refractivity contribution < 1.29 is 4.79 Å². The molecule has 0 N–H and O–H groups in total. The second-order valence-corrected chi connectivity index (χ2v) is 3.99. The van der Waals surface area contributed by atoms with Crippen molar-refractivity contribution in [3.05, 3.63) is 0 Å². The summed E-state index contributed by atoms with van der Waals surface area (Å²) in [4.78, 5) is 13.8. The van der Waals surface area contributed by atoms with Gasteiger partial charge < -0.3 is 0 Å². The number of likely N-dealkylation sites (N-methyl/N-ethyl adjacent to an activating group) is 1. The smallest absolute Gasteiger partial charge is 0.156 e. The van der Waals surface area contributed by atoms with Crippen LogP contribution < -0.4 is 0 Å². The Labute approximate surface area is 68.6 Å². The summed E-state index contributed by atoms with van der Waals surface area (Å²) in [5, 5.41) is 0. The largest absolute Gasteiger partial charge is 0.297 e. The van der Waals surface area contributed by atoms with E-state index in [1.54, 1.807) is 0 Å². The average Bonchev–Trinajstić information content (AvgIpc) is 2.13. The highest BCUT2D eigenvalue weighted by Crippen LogP contribution is 2.29. The van der Waals surface area contributed by atoms with E-state index in [-0.39, 0.29) is 11.5 Å². The number of carbonyl (C=O) groups excluding carboxylic acids is 1. The highest BCUT2D eigenvalue weighted by molar-refractivity contribution is 5.91. The Morgan fingerprint density at radius 1 is 1.64 bits per heavy atom. The molecule has 0 aliphatic carbocycles. The molecule has 1 aliphatic heterocycles. The monoisotopic (exact) mass is 155 g/mol. The van der Waals surface area contributed by atoms with E-state index < -0.39 is 0 Å². The fourth-order valence-corrected chi connectivity index (χ4v) is 1.84. The lowest BCUT2D eigenvalue weighted by molar-refractivity contribution is -0.125. The topological polar surface area (TPSA) is 20.3 Å². The van der Waals surface area contributed by atoms with Crippen molar-refractivity contribution >= 4 is 5.78 Å². The number of ketones is 1. The zero-order valence-electron chi connectivity index (χ0n) is 7.85. The minimum absolute atomic E-state index is 0.116. The number of carbonyl (C=O) groups is 1. The summed E-state index contributed by atoms with van der Waals surface area (Å²) in [7, 11) is 0. The first-order chi connectivity index (χ1) is 4.99. The predicted octanol–water partition coefficient (Wildman–Crippen LogP) is 1.31. The van der Waals surface area contributed by atoms with Gasteiger partial charge in [-0.05, 0) is 13.5 Å². The quantitative estimate of drug-likeness (QED) is 0.569. The summed E-state index contributed by atoms with van der Waals surface area (Å²) in [5.74, 6) is 0.388. The summed E-state index contributed by atoms with van der Waals surface area (Å²) < 4.78 is 0. The highest BCUT2D eigenvalue weighted by atomic mass is 16.1. The Morgan fingerprint density at radius 3 is 2.36 bits per heavy atom. The van der Waals surface area contributed by atoms with Gasteiger partial charge in [0.1, 0.15) is 0 Å². The zero-order valence-corrected chi connectivity index (χ0v) is 7.85. The van der Waals surface area contributed by atoms with Crippen molar-refractivity contribution in [1.82, 2.24) is 4.90 Å². The lowest BCUT2D eigenvalue weighted by Crippen LogP contribution is -2.29. The van der Waals surface area contributed by atoms with Gasteiger partial charge in [-0.25, -0.2) is 0 Å². The fourth-order valence-electron chi connectivity index (χ4n) is 1.84. The van der Waals surface area contributed by atoms with E-state index in [1.807, 2.05) is 20.8 Å². The lowest BCUT2D eigenvalue weighted by atomic mass is 9.89. The maximum absolute atomic E-state index is 11.6. The molecule has 2 nitrogen and oxygen atoms in total. The number of rotatable bonds is 1. The van der Waals surface area contributed by atoms with E-state index >= 15 is 0 Å². The maximum atomic E-state index is 11.6. The molecule has 2 heteroatoms. The van der Waals surface area contributed by atoms with Crippen molar-refractivity contribution in [2.45, 2.75) is 33.7 Å². The van der Waals surface area contributed by atoms with Crippen LogP contribution in [-0.4, -0.2) is 29.8 Å². The summed E-state index contributed by atoms with van der Waals surface area (Å²) in [6, 6.07) is 0.134. The summed E-state index contributed by atoms with van der Waals surface area (Å²) in [6.07, 6.45) is 0. The molecule has 11 heavy (non-hydrogen) atoms. The number of nitrogens with zero attached hydrogens (tertiary/aromatic N) is 1. The standard InChI is InChI=1S/C9H17NO/c1-5-10-6-9(3,4)8(11)7(10)2/h7H,5-6H2,1-4H3. The molecule has 0 radical (unpaired) electrons. The highest BCUT2D eigenvalue weighted by Gasteiger charge is 2.42. The fraction of sp³-hybridized carbons (Fsp3) is 0.889. The normalized spacial score (nSPS) is 31.3. The summed E-state index contributed by atoms with van der Waals surface area (Å²) >= 11 is 0. The van der Waals surface area contributed by atoms with Gasteiger partial charge >= 0.3 is 0 Å². The molecule has 0 aromatic heterocycles. The zero-order chi connectivity index (χ0) is 8.65. The van der Waals surface area contributed by atoms with Crippen molar-refractivity contribution in [3.8, 4) is 0 Å². The Hall–Kier alpha value is -0.370. The Morgan fingerprint density at radius 2 is 2.18 bits per heavy atom. The molecule has 0 saturated carbocycles. The van der Waals surface area contributed by atoms with Gasteiger partial charge in [0, 0.05) is 12.0 Å². The number of hydrogen-bond acceptors (Lipinski definition) is 2. The predicted molar refractivity (Wildman–Crippen MR) is 45.5 cm³/mol. The lowest BCUT2D eigenvalue weighted by Gasteiger charge is -2.17. The van der Waals surface area contributed by atoms with E-state index in [0.29, 0.717) is 5.78 Å². The first-order valence-electron chi connectivity index (χ1n) is 4.27. The van der Waals surface area contributed by atoms with Crippen LogP contribution in [0.3, 0.4) is 0 Å². The van der Waals surface area contributed by atoms with Gasteiger partial charge in [0.05, 0.1) is 6.04 Å². The summed E-state index contributed by atoms with van der Waals surface area (Å²) in [5.41, 5.74) is -0.116. The van der Waals surface area contributed by atoms with Gasteiger partial charge in [0.25, 0.3) is 0 Å². The molecule has 0 spiro atoms. The van der Waals surface area contributed by atoms with E-state index in [0.717, 1.165) is 13.1 Å². The molecule has 1 atom stereocenters. The molecule has 0 aromatic carbocycles. The van der Waals surface area contributed by atoms with Crippen molar-refractivity contribution in [2.75, 3.05) is 13.1 Å². The second-order valence-electron chi connectivity index (χ2n) is 3.99. The van der Waals surface area contributed by atoms with Gasteiger partial charge in [-0.2, -0.15) is 0 Å². The van der Waals surface area contributed by atoms with Crippen LogP contribution in [0.15, 0.2) is 0 Å². The molecule has 1 aliphatic rings. The first-order valence-corrected chi connectivity index (χ1v) is 4.27. The van der Waals surface area contributed by atoms with Gasteiger partial charge in [-0.15, -0.1) is 0 Å². The first kappa shape index (κ1) is 8.72. The van der Waals surface area contributed by atoms with Crippen molar-refractivity contribution in [2.24, 2.45) is 5.41 Å². The molecule has 1 heterocycles. The van der Waals surface area contributed by atoms with E-state index in [4.69, 9.17) is 0 Å². The molecule has 0 aromatic rings. The Bertz CT molecular complexity index is 174. The molecular weight excluding hydrogens is 138 g/mol. The Balaban J connectivity index is 2.77. The van der Waals surface area contributed by atoms with Crippen LogP contribution in [0.4, 0.5) is 0 Å². The van der Waals surface area contributed by atoms with Crippen LogP contribution in [0.1, 0.15) is 27.7 Å². The minimum Gasteiger partial charge on any atom is -0.297 e. The van der Waals surface area contributed by atoms with Gasteiger partial charge in [0.2, 0.25) is 0 Å². The maximum Gasteiger partial charge on any atom is 0.156 e. The van der Waals surface area contributed by atoms with Crippen LogP contribution >= 0.6 is 0 Å². The molecule has 1 unspecified atom stereocenters. The molecule has 64 valence electrons.